The molecule has 10 heteroatoms. The molecule has 0 spiro atoms. The molecule has 7 nitrogen and oxygen atoms in total. The van der Waals surface area contributed by atoms with E-state index in [9.17, 15) is 18.0 Å². The van der Waals surface area contributed by atoms with Crippen molar-refractivity contribution in [1.29, 1.82) is 0 Å². The van der Waals surface area contributed by atoms with Gasteiger partial charge in [-0.05, 0) is 6.92 Å². The van der Waals surface area contributed by atoms with Gasteiger partial charge in [-0.15, -0.1) is 5.10 Å². The average molecular weight is 311 g/mol. The zero-order valence-corrected chi connectivity index (χ0v) is 11.6. The van der Waals surface area contributed by atoms with Gasteiger partial charge >= 0.3 is 12.1 Å². The molecular formula is C11H16F3N3O4. The third-order valence-electron chi connectivity index (χ3n) is 2.35. The second-order valence-electron chi connectivity index (χ2n) is 3.83. The monoisotopic (exact) mass is 311 g/mol. The van der Waals surface area contributed by atoms with Crippen molar-refractivity contribution in [2.75, 3.05) is 33.5 Å². The first-order valence-electron chi connectivity index (χ1n) is 6.16. The molecule has 1 aromatic heterocycles. The van der Waals surface area contributed by atoms with E-state index in [1.54, 1.807) is 0 Å². The topological polar surface area (TPSA) is 75.5 Å². The van der Waals surface area contributed by atoms with Crippen LogP contribution in [0.15, 0.2) is 0 Å². The molecule has 0 saturated carbocycles. The third kappa shape index (κ3) is 4.97. The van der Waals surface area contributed by atoms with E-state index in [2.05, 4.69) is 15.0 Å². The second-order valence-corrected chi connectivity index (χ2v) is 3.83. The summed E-state index contributed by atoms with van der Waals surface area (Å²) >= 11 is 0. The number of methoxy groups -OCH3 is 1. The fraction of sp³-hybridized carbons (Fsp3) is 0.727. The van der Waals surface area contributed by atoms with Gasteiger partial charge in [0.25, 0.3) is 0 Å². The van der Waals surface area contributed by atoms with Crippen molar-refractivity contribution in [3.63, 3.8) is 0 Å². The second kappa shape index (κ2) is 7.93. The number of carbonyl (C=O) groups is 1. The Morgan fingerprint density at radius 1 is 1.29 bits per heavy atom. The molecule has 0 amide bonds. The first-order valence-corrected chi connectivity index (χ1v) is 6.16. The highest BCUT2D eigenvalue weighted by Gasteiger charge is 2.41. The van der Waals surface area contributed by atoms with Gasteiger partial charge in [-0.25, -0.2) is 9.48 Å². The minimum Gasteiger partial charge on any atom is -0.461 e. The first-order chi connectivity index (χ1) is 9.91. The predicted molar refractivity (Wildman–Crippen MR) is 63.7 cm³/mol. The fourth-order valence-electron chi connectivity index (χ4n) is 1.48. The van der Waals surface area contributed by atoms with Gasteiger partial charge in [0.15, 0.2) is 5.69 Å². The molecule has 0 aliphatic heterocycles. The minimum atomic E-state index is -4.77. The Hall–Kier alpha value is -1.68. The Labute approximate surface area is 119 Å². The molecule has 0 aliphatic carbocycles. The van der Waals surface area contributed by atoms with Crippen molar-refractivity contribution in [2.45, 2.75) is 19.6 Å². The number of nitrogens with zero attached hydrogens (tertiary/aromatic N) is 3. The largest absolute Gasteiger partial charge is 0.461 e. The lowest BCUT2D eigenvalue weighted by Crippen LogP contribution is -2.21. The van der Waals surface area contributed by atoms with E-state index in [4.69, 9.17) is 9.47 Å². The zero-order valence-electron chi connectivity index (χ0n) is 11.6. The van der Waals surface area contributed by atoms with Crippen LogP contribution in [0.25, 0.3) is 0 Å². The SMILES string of the molecule is CCOC(=O)c1nnn(CCOCCOC)c1C(F)(F)F. The summed E-state index contributed by atoms with van der Waals surface area (Å²) < 4.78 is 53.9. The third-order valence-corrected chi connectivity index (χ3v) is 2.35. The van der Waals surface area contributed by atoms with Gasteiger partial charge in [-0.1, -0.05) is 5.21 Å². The molecule has 0 atom stereocenters. The highest BCUT2D eigenvalue weighted by Crippen LogP contribution is 2.31. The van der Waals surface area contributed by atoms with Crippen LogP contribution in [0.1, 0.15) is 23.1 Å². The Bertz CT molecular complexity index is 462. The Kier molecular flexibility index (Phi) is 6.56. The molecule has 0 saturated heterocycles. The molecule has 0 radical (unpaired) electrons. The van der Waals surface area contributed by atoms with E-state index in [1.165, 1.54) is 14.0 Å². The Balaban J connectivity index is 2.82. The molecular weight excluding hydrogens is 295 g/mol. The number of ether oxygens (including phenoxy) is 3. The summed E-state index contributed by atoms with van der Waals surface area (Å²) in [4.78, 5) is 11.5. The summed E-state index contributed by atoms with van der Waals surface area (Å²) in [5.74, 6) is -1.16. The molecule has 1 rings (SSSR count). The molecule has 0 aliphatic rings. The number of hydrogen-bond donors (Lipinski definition) is 0. The van der Waals surface area contributed by atoms with Crippen LogP contribution >= 0.6 is 0 Å². The molecule has 1 aromatic rings. The van der Waals surface area contributed by atoms with Gasteiger partial charge in [0, 0.05) is 7.11 Å². The van der Waals surface area contributed by atoms with Crippen LogP contribution in [-0.2, 0) is 26.9 Å². The van der Waals surface area contributed by atoms with Gasteiger partial charge in [-0.3, -0.25) is 0 Å². The lowest BCUT2D eigenvalue weighted by Gasteiger charge is -2.11. The van der Waals surface area contributed by atoms with Gasteiger partial charge in [0.1, 0.15) is 0 Å². The number of rotatable bonds is 8. The van der Waals surface area contributed by atoms with Crippen molar-refractivity contribution in [1.82, 2.24) is 15.0 Å². The average Bonchev–Trinajstić information content (AvgIpc) is 2.83. The fourth-order valence-corrected chi connectivity index (χ4v) is 1.48. The van der Waals surface area contributed by atoms with Crippen LogP contribution in [-0.4, -0.2) is 54.5 Å². The number of aromatic nitrogens is 3. The molecule has 120 valence electrons. The highest BCUT2D eigenvalue weighted by molar-refractivity contribution is 5.88. The highest BCUT2D eigenvalue weighted by atomic mass is 19.4. The van der Waals surface area contributed by atoms with E-state index in [-0.39, 0.29) is 26.4 Å². The number of halogens is 3. The molecule has 0 bridgehead atoms. The van der Waals surface area contributed by atoms with Crippen LogP contribution in [0.2, 0.25) is 0 Å². The van der Waals surface area contributed by atoms with Crippen molar-refractivity contribution in [3.05, 3.63) is 11.4 Å². The summed E-state index contributed by atoms with van der Waals surface area (Å²) in [6, 6.07) is 0. The molecule has 1 heterocycles. The first kappa shape index (κ1) is 17.4. The van der Waals surface area contributed by atoms with Crippen molar-refractivity contribution in [3.8, 4) is 0 Å². The van der Waals surface area contributed by atoms with Crippen molar-refractivity contribution < 1.29 is 32.2 Å². The predicted octanol–water partition coefficient (Wildman–Crippen LogP) is 1.14. The molecule has 0 unspecified atom stereocenters. The van der Waals surface area contributed by atoms with Gasteiger partial charge < -0.3 is 14.2 Å². The quantitative estimate of drug-likeness (QED) is 0.529. The minimum absolute atomic E-state index is 0.0158. The maximum atomic E-state index is 13.0. The number of esters is 1. The summed E-state index contributed by atoms with van der Waals surface area (Å²) in [7, 11) is 1.48. The van der Waals surface area contributed by atoms with Crippen LogP contribution < -0.4 is 0 Å². The summed E-state index contributed by atoms with van der Waals surface area (Å²) in [6.07, 6.45) is -4.77. The van der Waals surface area contributed by atoms with Crippen LogP contribution in [0.4, 0.5) is 13.2 Å². The smallest absolute Gasteiger partial charge is 0.435 e. The van der Waals surface area contributed by atoms with Crippen molar-refractivity contribution >= 4 is 5.97 Å². The lowest BCUT2D eigenvalue weighted by atomic mass is 10.3. The van der Waals surface area contributed by atoms with E-state index in [1.807, 2.05) is 0 Å². The normalized spacial score (nSPS) is 11.7. The van der Waals surface area contributed by atoms with E-state index in [0.29, 0.717) is 11.3 Å². The summed E-state index contributed by atoms with van der Waals surface area (Å²) in [5, 5.41) is 6.59. The van der Waals surface area contributed by atoms with Crippen LogP contribution in [0, 0.1) is 0 Å². The standard InChI is InChI=1S/C11H16F3N3O4/c1-3-21-10(18)8-9(11(12,13)14)17(16-15-8)4-5-20-7-6-19-2/h3-7H2,1-2H3. The molecule has 21 heavy (non-hydrogen) atoms. The zero-order chi connectivity index (χ0) is 15.9. The number of carbonyl (C=O) groups excluding carboxylic acids is 1. The molecule has 0 aromatic carbocycles. The van der Waals surface area contributed by atoms with E-state index in [0.717, 1.165) is 0 Å². The maximum Gasteiger partial charge on any atom is 0.435 e. The van der Waals surface area contributed by atoms with Gasteiger partial charge in [-0.2, -0.15) is 13.2 Å². The number of hydrogen-bond acceptors (Lipinski definition) is 6. The number of alkyl halides is 3. The summed E-state index contributed by atoms with van der Waals surface area (Å²) in [6.45, 7) is 1.81. The summed E-state index contributed by atoms with van der Waals surface area (Å²) in [5.41, 5.74) is -2.09. The Morgan fingerprint density at radius 3 is 2.57 bits per heavy atom. The van der Waals surface area contributed by atoms with Crippen LogP contribution in [0.3, 0.4) is 0 Å². The molecule has 0 N–H and O–H groups in total. The van der Waals surface area contributed by atoms with E-state index < -0.39 is 23.5 Å². The molecule has 0 fully saturated rings. The Morgan fingerprint density at radius 2 is 2.00 bits per heavy atom. The lowest BCUT2D eigenvalue weighted by molar-refractivity contribution is -0.145. The van der Waals surface area contributed by atoms with E-state index >= 15 is 0 Å². The van der Waals surface area contributed by atoms with Gasteiger partial charge in [0.2, 0.25) is 5.69 Å². The van der Waals surface area contributed by atoms with Crippen molar-refractivity contribution in [2.24, 2.45) is 0 Å². The maximum absolute atomic E-state index is 13.0. The van der Waals surface area contributed by atoms with Gasteiger partial charge in [0.05, 0.1) is 33.0 Å². The van der Waals surface area contributed by atoms with Crippen LogP contribution in [0.5, 0.6) is 0 Å².